The van der Waals surface area contributed by atoms with E-state index >= 15 is 0 Å². The molecule has 2 N–H and O–H groups in total. The maximum absolute atomic E-state index is 9.03. The second kappa shape index (κ2) is 6.79. The molecule has 24 heavy (non-hydrogen) atoms. The summed E-state index contributed by atoms with van der Waals surface area (Å²) in [7, 11) is 0. The van der Waals surface area contributed by atoms with Gasteiger partial charge in [-0.25, -0.2) is 0 Å². The van der Waals surface area contributed by atoms with E-state index in [9.17, 15) is 0 Å². The number of nitrogens with zero attached hydrogens (tertiary/aromatic N) is 3. The summed E-state index contributed by atoms with van der Waals surface area (Å²) in [4.78, 5) is 6.05. The number of nitrogens with one attached hydrogen (secondary N) is 1. The lowest BCUT2D eigenvalue weighted by Crippen LogP contribution is -2.34. The van der Waals surface area contributed by atoms with E-state index in [2.05, 4.69) is 51.4 Å². The third kappa shape index (κ3) is 3.23. The number of benzene rings is 1. The Labute approximate surface area is 141 Å². The molecule has 2 aromatic heterocycles. The topological polar surface area (TPSA) is 57.1 Å². The fraction of sp³-hybridized carbons (Fsp3) is 0.421. The average Bonchev–Trinajstić information content (AvgIpc) is 3.21. The van der Waals surface area contributed by atoms with Crippen LogP contribution in [0.15, 0.2) is 42.6 Å². The molecule has 3 heterocycles. The van der Waals surface area contributed by atoms with Crippen LogP contribution in [0.5, 0.6) is 0 Å². The first-order valence-electron chi connectivity index (χ1n) is 8.75. The van der Waals surface area contributed by atoms with Gasteiger partial charge < -0.3 is 10.1 Å². The summed E-state index contributed by atoms with van der Waals surface area (Å²) in [6.45, 7) is 3.86. The summed E-state index contributed by atoms with van der Waals surface area (Å²) in [5, 5.41) is 14.9. The minimum Gasteiger partial charge on any atom is -0.394 e. The average molecular weight is 324 g/mol. The van der Waals surface area contributed by atoms with Crippen molar-refractivity contribution >= 4 is 10.9 Å². The Hall–Kier alpha value is -2.11. The summed E-state index contributed by atoms with van der Waals surface area (Å²) in [6, 6.07) is 12.8. The van der Waals surface area contributed by atoms with E-state index in [0.717, 1.165) is 25.3 Å². The Kier molecular flexibility index (Phi) is 4.36. The molecule has 4 rings (SSSR count). The fourth-order valence-electron chi connectivity index (χ4n) is 3.72. The zero-order valence-corrected chi connectivity index (χ0v) is 13.9. The number of aliphatic hydroxyl groups is 1. The maximum Gasteiger partial charge on any atom is 0.0668 e. The number of aromatic nitrogens is 3. The van der Waals surface area contributed by atoms with Gasteiger partial charge in [-0.1, -0.05) is 18.2 Å². The molecule has 1 aliphatic heterocycles. The van der Waals surface area contributed by atoms with Gasteiger partial charge in [0.1, 0.15) is 0 Å². The summed E-state index contributed by atoms with van der Waals surface area (Å²) in [6.07, 6.45) is 4.37. The molecular formula is C19H24N4O. The Morgan fingerprint density at radius 3 is 3.04 bits per heavy atom. The van der Waals surface area contributed by atoms with Crippen LogP contribution >= 0.6 is 0 Å². The molecule has 1 atom stereocenters. The van der Waals surface area contributed by atoms with Gasteiger partial charge in [0.25, 0.3) is 0 Å². The summed E-state index contributed by atoms with van der Waals surface area (Å²) < 4.78 is 1.84. The normalized spacial score (nSPS) is 19.1. The van der Waals surface area contributed by atoms with Gasteiger partial charge in [0, 0.05) is 36.4 Å². The van der Waals surface area contributed by atoms with Crippen molar-refractivity contribution in [3.05, 3.63) is 54.0 Å². The highest BCUT2D eigenvalue weighted by molar-refractivity contribution is 5.80. The minimum atomic E-state index is 0.137. The Bertz CT molecular complexity index is 773. The van der Waals surface area contributed by atoms with Crippen LogP contribution in [0.3, 0.4) is 0 Å². The molecule has 5 nitrogen and oxygen atoms in total. The first-order chi connectivity index (χ1) is 11.8. The molecule has 1 fully saturated rings. The number of H-pyrrole nitrogens is 1. The number of fused-ring (bicyclic) bond motifs is 1. The number of likely N-dealkylation sites (tertiary alicyclic amines) is 1. The van der Waals surface area contributed by atoms with Crippen molar-refractivity contribution in [2.24, 2.45) is 0 Å². The highest BCUT2D eigenvalue weighted by Gasteiger charge is 2.23. The Morgan fingerprint density at radius 2 is 2.17 bits per heavy atom. The Morgan fingerprint density at radius 1 is 1.25 bits per heavy atom. The van der Waals surface area contributed by atoms with Crippen LogP contribution in [0, 0.1) is 0 Å². The molecule has 0 radical (unpaired) electrons. The van der Waals surface area contributed by atoms with E-state index < -0.39 is 0 Å². The highest BCUT2D eigenvalue weighted by Crippen LogP contribution is 2.27. The lowest BCUT2D eigenvalue weighted by molar-refractivity contribution is 0.196. The largest absolute Gasteiger partial charge is 0.394 e. The summed E-state index contributed by atoms with van der Waals surface area (Å²) in [5.74, 6) is 0.489. The number of aliphatic hydroxyl groups excluding tert-OH is 1. The minimum absolute atomic E-state index is 0.137. The summed E-state index contributed by atoms with van der Waals surface area (Å²) >= 11 is 0. The van der Waals surface area contributed by atoms with Crippen molar-refractivity contribution in [3.8, 4) is 0 Å². The van der Waals surface area contributed by atoms with Crippen LogP contribution in [0.4, 0.5) is 0 Å². The molecule has 126 valence electrons. The van der Waals surface area contributed by atoms with Gasteiger partial charge in [0.15, 0.2) is 0 Å². The standard InChI is InChI=1S/C19H24N4O/c24-11-10-23-9-7-19(21-23)16-5-3-8-22(13-16)14-17-12-15-4-1-2-6-18(15)20-17/h1-2,4,6-7,9,12,16,20,24H,3,5,8,10-11,13-14H2. The van der Waals surface area contributed by atoms with Gasteiger partial charge in [0.2, 0.25) is 0 Å². The number of hydrogen-bond acceptors (Lipinski definition) is 3. The smallest absolute Gasteiger partial charge is 0.0668 e. The molecule has 1 unspecified atom stereocenters. The number of rotatable bonds is 5. The molecule has 1 aromatic carbocycles. The van der Waals surface area contributed by atoms with Crippen molar-refractivity contribution < 1.29 is 5.11 Å². The molecule has 0 amide bonds. The zero-order valence-electron chi connectivity index (χ0n) is 13.9. The second-order valence-corrected chi connectivity index (χ2v) is 6.68. The van der Waals surface area contributed by atoms with Gasteiger partial charge in [-0.15, -0.1) is 0 Å². The van der Waals surface area contributed by atoms with Crippen LogP contribution in [0.2, 0.25) is 0 Å². The molecular weight excluding hydrogens is 300 g/mol. The SMILES string of the molecule is OCCn1ccc(C2CCCN(Cc3cc4ccccc4[nH]3)C2)n1. The van der Waals surface area contributed by atoms with Crippen molar-refractivity contribution in [1.82, 2.24) is 19.7 Å². The van der Waals surface area contributed by atoms with Gasteiger partial charge >= 0.3 is 0 Å². The van der Waals surface area contributed by atoms with Crippen LogP contribution in [-0.4, -0.2) is 44.5 Å². The number of piperidine rings is 1. The van der Waals surface area contributed by atoms with E-state index in [4.69, 9.17) is 5.11 Å². The van der Waals surface area contributed by atoms with Crippen LogP contribution in [0.25, 0.3) is 10.9 Å². The molecule has 3 aromatic rings. The molecule has 5 heteroatoms. The van der Waals surface area contributed by atoms with Crippen molar-refractivity contribution in [2.75, 3.05) is 19.7 Å². The van der Waals surface area contributed by atoms with E-state index in [-0.39, 0.29) is 6.61 Å². The molecule has 0 bridgehead atoms. The quantitative estimate of drug-likeness (QED) is 0.759. The van der Waals surface area contributed by atoms with E-state index in [1.807, 2.05) is 10.9 Å². The van der Waals surface area contributed by atoms with Gasteiger partial charge in [-0.2, -0.15) is 5.10 Å². The van der Waals surface area contributed by atoms with Gasteiger partial charge in [-0.05, 0) is 43.0 Å². The van der Waals surface area contributed by atoms with E-state index in [0.29, 0.717) is 12.5 Å². The first-order valence-corrected chi connectivity index (χ1v) is 8.75. The van der Waals surface area contributed by atoms with Crippen molar-refractivity contribution in [1.29, 1.82) is 0 Å². The molecule has 1 aliphatic rings. The lowest BCUT2D eigenvalue weighted by Gasteiger charge is -2.31. The lowest BCUT2D eigenvalue weighted by atomic mass is 9.95. The van der Waals surface area contributed by atoms with Crippen LogP contribution in [0.1, 0.15) is 30.1 Å². The van der Waals surface area contributed by atoms with E-state index in [1.165, 1.54) is 29.4 Å². The molecule has 0 aliphatic carbocycles. The fourth-order valence-corrected chi connectivity index (χ4v) is 3.72. The second-order valence-electron chi connectivity index (χ2n) is 6.68. The zero-order chi connectivity index (χ0) is 16.4. The van der Waals surface area contributed by atoms with Gasteiger partial charge in [0.05, 0.1) is 18.8 Å². The predicted molar refractivity (Wildman–Crippen MR) is 94.9 cm³/mol. The van der Waals surface area contributed by atoms with Crippen LogP contribution < -0.4 is 0 Å². The third-order valence-corrected chi connectivity index (χ3v) is 4.89. The van der Waals surface area contributed by atoms with E-state index in [1.54, 1.807) is 0 Å². The maximum atomic E-state index is 9.03. The third-order valence-electron chi connectivity index (χ3n) is 4.89. The number of hydrogen-bond donors (Lipinski definition) is 2. The molecule has 0 saturated carbocycles. The Balaban J connectivity index is 1.44. The first kappa shape index (κ1) is 15.4. The molecule has 0 spiro atoms. The number of aromatic amines is 1. The van der Waals surface area contributed by atoms with Crippen molar-refractivity contribution in [2.45, 2.75) is 31.8 Å². The van der Waals surface area contributed by atoms with Crippen LogP contribution in [-0.2, 0) is 13.1 Å². The number of para-hydroxylation sites is 1. The highest BCUT2D eigenvalue weighted by atomic mass is 16.3. The predicted octanol–water partition coefficient (Wildman–Crippen LogP) is 2.74. The van der Waals surface area contributed by atoms with Gasteiger partial charge in [-0.3, -0.25) is 9.58 Å². The van der Waals surface area contributed by atoms with Crippen molar-refractivity contribution in [3.63, 3.8) is 0 Å². The summed E-state index contributed by atoms with van der Waals surface area (Å²) in [5.41, 5.74) is 3.65. The monoisotopic (exact) mass is 324 g/mol. The molecule has 1 saturated heterocycles.